The van der Waals surface area contributed by atoms with Crippen LogP contribution in [0.15, 0.2) is 30.3 Å². The Morgan fingerprint density at radius 1 is 0.952 bits per heavy atom. The van der Waals surface area contributed by atoms with Crippen LogP contribution in [0, 0.1) is 25.5 Å². The fourth-order valence-electron chi connectivity index (χ4n) is 2.52. The number of hydrogen-bond acceptors (Lipinski definition) is 2. The maximum atomic E-state index is 14.2. The van der Waals surface area contributed by atoms with E-state index in [9.17, 15) is 8.78 Å². The summed E-state index contributed by atoms with van der Waals surface area (Å²) in [6.45, 7) is 4.29. The average molecular weight is 290 g/mol. The highest BCUT2D eigenvalue weighted by Crippen LogP contribution is 2.31. The lowest BCUT2D eigenvalue weighted by Crippen LogP contribution is -2.14. The normalized spacial score (nSPS) is 10.8. The molecule has 2 aromatic carbocycles. The van der Waals surface area contributed by atoms with Gasteiger partial charge in [0, 0.05) is 12.7 Å². The van der Waals surface area contributed by atoms with E-state index in [1.165, 1.54) is 17.0 Å². The van der Waals surface area contributed by atoms with Crippen molar-refractivity contribution >= 4 is 11.4 Å². The Labute approximate surface area is 124 Å². The highest BCUT2D eigenvalue weighted by atomic mass is 19.1. The zero-order chi connectivity index (χ0) is 15.6. The third-order valence-corrected chi connectivity index (χ3v) is 3.44. The summed E-state index contributed by atoms with van der Waals surface area (Å²) in [4.78, 5) is 1.54. The number of nitrogens with zero attached hydrogens (tertiary/aromatic N) is 1. The molecule has 0 spiro atoms. The quantitative estimate of drug-likeness (QED) is 0.926. The molecular weight excluding hydrogens is 270 g/mol. The van der Waals surface area contributed by atoms with E-state index in [1.54, 1.807) is 7.05 Å². The second kappa shape index (κ2) is 6.22. The van der Waals surface area contributed by atoms with Crippen molar-refractivity contribution in [2.45, 2.75) is 20.3 Å². The predicted molar refractivity (Wildman–Crippen MR) is 83.1 cm³/mol. The Morgan fingerprint density at radius 2 is 1.48 bits per heavy atom. The van der Waals surface area contributed by atoms with Crippen molar-refractivity contribution in [3.05, 3.63) is 58.7 Å². The van der Waals surface area contributed by atoms with Gasteiger partial charge in [-0.05, 0) is 67.8 Å². The molecule has 0 unspecified atom stereocenters. The van der Waals surface area contributed by atoms with Gasteiger partial charge < -0.3 is 10.6 Å². The van der Waals surface area contributed by atoms with Crippen LogP contribution in [0.5, 0.6) is 0 Å². The van der Waals surface area contributed by atoms with Gasteiger partial charge in [0.25, 0.3) is 0 Å². The molecule has 0 saturated heterocycles. The number of aryl methyl sites for hydroxylation is 2. The molecule has 2 aromatic rings. The first kappa shape index (κ1) is 15.4. The van der Waals surface area contributed by atoms with Crippen LogP contribution in [0.1, 0.15) is 16.7 Å². The Bertz CT molecular complexity index is 610. The van der Waals surface area contributed by atoms with Crippen LogP contribution in [-0.4, -0.2) is 13.6 Å². The summed E-state index contributed by atoms with van der Waals surface area (Å²) in [6, 6.07) is 8.53. The summed E-state index contributed by atoms with van der Waals surface area (Å²) in [6.07, 6.45) is 0.460. The monoisotopic (exact) mass is 290 g/mol. The molecule has 0 heterocycles. The van der Waals surface area contributed by atoms with E-state index in [0.29, 0.717) is 18.5 Å². The fraction of sp³-hybridized carbons (Fsp3) is 0.294. The summed E-state index contributed by atoms with van der Waals surface area (Å²) < 4.78 is 28.5. The van der Waals surface area contributed by atoms with Crippen molar-refractivity contribution in [1.82, 2.24) is 0 Å². The van der Waals surface area contributed by atoms with Crippen molar-refractivity contribution in [3.63, 3.8) is 0 Å². The highest BCUT2D eigenvalue weighted by Gasteiger charge is 2.17. The topological polar surface area (TPSA) is 29.3 Å². The molecule has 0 radical (unpaired) electrons. The molecule has 0 aromatic heterocycles. The van der Waals surface area contributed by atoms with E-state index in [0.717, 1.165) is 16.8 Å². The summed E-state index contributed by atoms with van der Waals surface area (Å²) in [5.74, 6) is -1.14. The largest absolute Gasteiger partial charge is 0.340 e. The zero-order valence-corrected chi connectivity index (χ0v) is 12.6. The second-order valence-electron chi connectivity index (χ2n) is 5.35. The minimum absolute atomic E-state index is 0.0410. The van der Waals surface area contributed by atoms with Crippen molar-refractivity contribution in [2.24, 2.45) is 5.73 Å². The summed E-state index contributed by atoms with van der Waals surface area (Å²) in [5, 5.41) is 0. The van der Waals surface area contributed by atoms with E-state index in [4.69, 9.17) is 5.73 Å². The molecule has 0 aliphatic rings. The third kappa shape index (κ3) is 3.39. The molecule has 0 aliphatic carbocycles. The first-order chi connectivity index (χ1) is 9.92. The van der Waals surface area contributed by atoms with Gasteiger partial charge in [0.15, 0.2) is 0 Å². The minimum atomic E-state index is -0.569. The van der Waals surface area contributed by atoms with Crippen LogP contribution < -0.4 is 10.6 Å². The van der Waals surface area contributed by atoms with Crippen LogP contribution >= 0.6 is 0 Å². The van der Waals surface area contributed by atoms with Gasteiger partial charge in [-0.3, -0.25) is 0 Å². The highest BCUT2D eigenvalue weighted by molar-refractivity contribution is 5.65. The number of benzene rings is 2. The summed E-state index contributed by atoms with van der Waals surface area (Å²) in [5.41, 5.74) is 8.83. The lowest BCUT2D eigenvalue weighted by Gasteiger charge is -2.22. The van der Waals surface area contributed by atoms with Crippen molar-refractivity contribution < 1.29 is 8.78 Å². The number of anilines is 2. The Balaban J connectivity index is 2.45. The first-order valence-electron chi connectivity index (χ1n) is 6.92. The van der Waals surface area contributed by atoms with Crippen LogP contribution in [0.25, 0.3) is 0 Å². The van der Waals surface area contributed by atoms with Crippen LogP contribution in [0.3, 0.4) is 0 Å². The molecule has 0 amide bonds. The van der Waals surface area contributed by atoms with E-state index in [-0.39, 0.29) is 5.69 Å². The molecule has 2 N–H and O–H groups in total. The van der Waals surface area contributed by atoms with E-state index >= 15 is 0 Å². The van der Waals surface area contributed by atoms with Gasteiger partial charge in [0.2, 0.25) is 0 Å². The molecule has 2 rings (SSSR count). The number of rotatable bonds is 4. The van der Waals surface area contributed by atoms with Gasteiger partial charge in [-0.25, -0.2) is 8.78 Å². The number of halogens is 2. The SMILES string of the molecule is Cc1cc(C)cc(N(C)c2c(F)cc(CCN)cc2F)c1. The standard InChI is InChI=1S/C17H20F2N2/c1-11-6-12(2)8-14(7-11)21(3)17-15(18)9-13(4-5-20)10-16(17)19/h6-10H,4-5,20H2,1-3H3. The Kier molecular flexibility index (Phi) is 4.58. The smallest absolute Gasteiger partial charge is 0.150 e. The molecule has 112 valence electrons. The molecule has 0 saturated carbocycles. The molecule has 2 nitrogen and oxygen atoms in total. The third-order valence-electron chi connectivity index (χ3n) is 3.44. The molecule has 0 aliphatic heterocycles. The van der Waals surface area contributed by atoms with Crippen molar-refractivity contribution in [3.8, 4) is 0 Å². The second-order valence-corrected chi connectivity index (χ2v) is 5.35. The predicted octanol–water partition coefficient (Wildman–Crippen LogP) is 3.85. The van der Waals surface area contributed by atoms with Gasteiger partial charge in [-0.2, -0.15) is 0 Å². The van der Waals surface area contributed by atoms with Gasteiger partial charge in [-0.15, -0.1) is 0 Å². The van der Waals surface area contributed by atoms with Crippen LogP contribution in [-0.2, 0) is 6.42 Å². The zero-order valence-electron chi connectivity index (χ0n) is 12.6. The first-order valence-corrected chi connectivity index (χ1v) is 6.92. The maximum absolute atomic E-state index is 14.2. The maximum Gasteiger partial charge on any atom is 0.150 e. The summed E-state index contributed by atoms with van der Waals surface area (Å²) in [7, 11) is 1.66. The molecule has 21 heavy (non-hydrogen) atoms. The van der Waals surface area contributed by atoms with E-state index in [2.05, 4.69) is 0 Å². The van der Waals surface area contributed by atoms with Crippen LogP contribution in [0.4, 0.5) is 20.2 Å². The molecule has 0 bridgehead atoms. The molecule has 4 heteroatoms. The van der Waals surface area contributed by atoms with Crippen molar-refractivity contribution in [1.29, 1.82) is 0 Å². The molecule has 0 atom stereocenters. The lowest BCUT2D eigenvalue weighted by atomic mass is 10.1. The average Bonchev–Trinajstić information content (AvgIpc) is 2.36. The molecule has 0 fully saturated rings. The fourth-order valence-corrected chi connectivity index (χ4v) is 2.52. The molecular formula is C17H20F2N2. The minimum Gasteiger partial charge on any atom is -0.340 e. The number of nitrogens with two attached hydrogens (primary N) is 1. The van der Waals surface area contributed by atoms with E-state index in [1.807, 2.05) is 32.0 Å². The Hall–Kier alpha value is -1.94. The van der Waals surface area contributed by atoms with Gasteiger partial charge in [0.1, 0.15) is 17.3 Å². The number of hydrogen-bond donors (Lipinski definition) is 1. The van der Waals surface area contributed by atoms with Gasteiger partial charge in [0.05, 0.1) is 0 Å². The lowest BCUT2D eigenvalue weighted by molar-refractivity contribution is 0.580. The van der Waals surface area contributed by atoms with Gasteiger partial charge >= 0.3 is 0 Å². The van der Waals surface area contributed by atoms with Crippen LogP contribution in [0.2, 0.25) is 0 Å². The Morgan fingerprint density at radius 3 is 1.95 bits per heavy atom. The summed E-state index contributed by atoms with van der Waals surface area (Å²) >= 11 is 0. The van der Waals surface area contributed by atoms with E-state index < -0.39 is 11.6 Å². The van der Waals surface area contributed by atoms with Gasteiger partial charge in [-0.1, -0.05) is 6.07 Å². The van der Waals surface area contributed by atoms with Crippen molar-refractivity contribution in [2.75, 3.05) is 18.5 Å².